The number of benzene rings is 1. The van der Waals surface area contributed by atoms with E-state index < -0.39 is 5.97 Å². The SMILES string of the molecule is COCc1c(C(=O)OC)nnn1CC1Cc2ccccc21. The summed E-state index contributed by atoms with van der Waals surface area (Å²) in [7, 11) is 2.91. The zero-order valence-corrected chi connectivity index (χ0v) is 12.1. The molecule has 0 aliphatic heterocycles. The molecule has 0 fully saturated rings. The normalized spacial score (nSPS) is 16.2. The fourth-order valence-electron chi connectivity index (χ4n) is 2.75. The van der Waals surface area contributed by atoms with Gasteiger partial charge in [-0.1, -0.05) is 29.5 Å². The second-order valence-electron chi connectivity index (χ2n) is 5.09. The molecule has 1 aromatic carbocycles. The first-order chi connectivity index (χ1) is 10.2. The summed E-state index contributed by atoms with van der Waals surface area (Å²) >= 11 is 0. The van der Waals surface area contributed by atoms with Crippen molar-refractivity contribution in [3.8, 4) is 0 Å². The summed E-state index contributed by atoms with van der Waals surface area (Å²) in [6.07, 6.45) is 1.02. The second kappa shape index (κ2) is 5.65. The lowest BCUT2D eigenvalue weighted by molar-refractivity contribution is 0.0588. The molecule has 6 heteroatoms. The van der Waals surface area contributed by atoms with Crippen molar-refractivity contribution in [1.29, 1.82) is 0 Å². The summed E-state index contributed by atoms with van der Waals surface area (Å²) in [6, 6.07) is 8.37. The van der Waals surface area contributed by atoms with E-state index in [1.54, 1.807) is 11.8 Å². The molecule has 1 aliphatic carbocycles. The van der Waals surface area contributed by atoms with Crippen LogP contribution < -0.4 is 0 Å². The third-order valence-electron chi connectivity index (χ3n) is 3.85. The van der Waals surface area contributed by atoms with Crippen molar-refractivity contribution in [2.24, 2.45) is 0 Å². The molecule has 0 bridgehead atoms. The molecule has 1 aromatic heterocycles. The van der Waals surface area contributed by atoms with Gasteiger partial charge in [-0.3, -0.25) is 0 Å². The standard InChI is InChI=1S/C15H17N3O3/c1-20-9-13-14(15(19)21-2)16-17-18(13)8-11-7-10-5-3-4-6-12(10)11/h3-6,11H,7-9H2,1-2H3. The van der Waals surface area contributed by atoms with Gasteiger partial charge in [-0.2, -0.15) is 0 Å². The Labute approximate surface area is 122 Å². The zero-order chi connectivity index (χ0) is 14.8. The predicted octanol–water partition coefficient (Wildman–Crippen LogP) is 1.55. The van der Waals surface area contributed by atoms with Crippen molar-refractivity contribution in [1.82, 2.24) is 15.0 Å². The van der Waals surface area contributed by atoms with Crippen molar-refractivity contribution in [3.05, 3.63) is 46.8 Å². The van der Waals surface area contributed by atoms with Crippen LogP contribution in [0.2, 0.25) is 0 Å². The van der Waals surface area contributed by atoms with Crippen LogP contribution in [0.15, 0.2) is 24.3 Å². The molecule has 0 amide bonds. The molecule has 1 atom stereocenters. The number of rotatable bonds is 5. The van der Waals surface area contributed by atoms with Crippen molar-refractivity contribution in [2.75, 3.05) is 14.2 Å². The van der Waals surface area contributed by atoms with Gasteiger partial charge < -0.3 is 9.47 Å². The highest BCUT2D eigenvalue weighted by Gasteiger charge is 2.28. The van der Waals surface area contributed by atoms with Gasteiger partial charge in [-0.15, -0.1) is 5.10 Å². The van der Waals surface area contributed by atoms with Crippen LogP contribution in [0.5, 0.6) is 0 Å². The Morgan fingerprint density at radius 1 is 1.38 bits per heavy atom. The number of hydrogen-bond acceptors (Lipinski definition) is 5. The van der Waals surface area contributed by atoms with E-state index in [2.05, 4.69) is 28.5 Å². The number of esters is 1. The molecule has 1 heterocycles. The highest BCUT2D eigenvalue weighted by atomic mass is 16.5. The number of hydrogen-bond donors (Lipinski definition) is 0. The molecule has 0 saturated carbocycles. The maximum atomic E-state index is 11.7. The average Bonchev–Trinajstić information content (AvgIpc) is 2.87. The highest BCUT2D eigenvalue weighted by molar-refractivity contribution is 5.88. The number of nitrogens with zero attached hydrogens (tertiary/aromatic N) is 3. The molecule has 1 unspecified atom stereocenters. The number of aromatic nitrogens is 3. The molecule has 2 aromatic rings. The Morgan fingerprint density at radius 2 is 2.19 bits per heavy atom. The van der Waals surface area contributed by atoms with Gasteiger partial charge in [0.15, 0.2) is 5.69 Å². The molecule has 6 nitrogen and oxygen atoms in total. The molecule has 3 rings (SSSR count). The topological polar surface area (TPSA) is 66.2 Å². The summed E-state index contributed by atoms with van der Waals surface area (Å²) in [5, 5.41) is 8.02. The molecule has 0 saturated heterocycles. The van der Waals surface area contributed by atoms with Gasteiger partial charge in [0.2, 0.25) is 0 Å². The molecule has 110 valence electrons. The second-order valence-corrected chi connectivity index (χ2v) is 5.09. The Kier molecular flexibility index (Phi) is 3.70. The van der Waals surface area contributed by atoms with Crippen LogP contribution in [0.4, 0.5) is 0 Å². The monoisotopic (exact) mass is 287 g/mol. The van der Waals surface area contributed by atoms with Crippen LogP contribution in [-0.2, 0) is 29.0 Å². The first kappa shape index (κ1) is 13.8. The van der Waals surface area contributed by atoms with Gasteiger partial charge in [0.25, 0.3) is 0 Å². The number of methoxy groups -OCH3 is 2. The van der Waals surface area contributed by atoms with Gasteiger partial charge in [0.1, 0.15) is 0 Å². The van der Waals surface area contributed by atoms with E-state index >= 15 is 0 Å². The molecule has 0 spiro atoms. The van der Waals surface area contributed by atoms with Crippen LogP contribution in [0.3, 0.4) is 0 Å². The Hall–Kier alpha value is -2.21. The number of fused-ring (bicyclic) bond motifs is 1. The minimum Gasteiger partial charge on any atom is -0.464 e. The van der Waals surface area contributed by atoms with E-state index in [0.29, 0.717) is 18.2 Å². The molecule has 0 radical (unpaired) electrons. The molecular weight excluding hydrogens is 270 g/mol. The Morgan fingerprint density at radius 3 is 2.90 bits per heavy atom. The quantitative estimate of drug-likeness (QED) is 0.781. The molecule has 1 aliphatic rings. The highest BCUT2D eigenvalue weighted by Crippen LogP contribution is 2.36. The summed E-state index contributed by atoms with van der Waals surface area (Å²) < 4.78 is 11.6. The van der Waals surface area contributed by atoms with Gasteiger partial charge in [0.05, 0.1) is 26.0 Å². The van der Waals surface area contributed by atoms with E-state index in [1.807, 2.05) is 6.07 Å². The van der Waals surface area contributed by atoms with Crippen molar-refractivity contribution in [2.45, 2.75) is 25.5 Å². The van der Waals surface area contributed by atoms with Gasteiger partial charge in [-0.05, 0) is 17.5 Å². The fraction of sp³-hybridized carbons (Fsp3) is 0.400. The van der Waals surface area contributed by atoms with Crippen LogP contribution in [-0.4, -0.2) is 35.2 Å². The zero-order valence-electron chi connectivity index (χ0n) is 12.1. The van der Waals surface area contributed by atoms with Crippen LogP contribution in [0, 0.1) is 0 Å². The Bertz CT molecular complexity index is 666. The fourth-order valence-corrected chi connectivity index (χ4v) is 2.75. The van der Waals surface area contributed by atoms with E-state index in [4.69, 9.17) is 9.47 Å². The molecular formula is C15H17N3O3. The van der Waals surface area contributed by atoms with E-state index in [-0.39, 0.29) is 12.3 Å². The predicted molar refractivity (Wildman–Crippen MR) is 75.0 cm³/mol. The summed E-state index contributed by atoms with van der Waals surface area (Å²) in [6.45, 7) is 0.978. The third-order valence-corrected chi connectivity index (χ3v) is 3.85. The summed E-state index contributed by atoms with van der Waals surface area (Å²) in [5.41, 5.74) is 3.61. The van der Waals surface area contributed by atoms with Crippen molar-refractivity contribution in [3.63, 3.8) is 0 Å². The lowest BCUT2D eigenvalue weighted by atomic mass is 9.77. The first-order valence-corrected chi connectivity index (χ1v) is 6.82. The average molecular weight is 287 g/mol. The summed E-state index contributed by atoms with van der Waals surface area (Å²) in [5.74, 6) is -0.0775. The Balaban J connectivity index is 1.83. The maximum Gasteiger partial charge on any atom is 0.360 e. The smallest absolute Gasteiger partial charge is 0.360 e. The third kappa shape index (κ3) is 2.42. The minimum atomic E-state index is -0.484. The van der Waals surface area contributed by atoms with Crippen LogP contribution in [0.1, 0.15) is 33.2 Å². The van der Waals surface area contributed by atoms with Crippen molar-refractivity contribution >= 4 is 5.97 Å². The van der Waals surface area contributed by atoms with E-state index in [9.17, 15) is 4.79 Å². The lowest BCUT2D eigenvalue weighted by Gasteiger charge is -2.30. The number of ether oxygens (including phenoxy) is 2. The first-order valence-electron chi connectivity index (χ1n) is 6.82. The minimum absolute atomic E-state index is 0.229. The summed E-state index contributed by atoms with van der Waals surface area (Å²) in [4.78, 5) is 11.7. The van der Waals surface area contributed by atoms with Crippen LogP contribution >= 0.6 is 0 Å². The van der Waals surface area contributed by atoms with E-state index in [1.165, 1.54) is 18.2 Å². The molecule has 21 heavy (non-hydrogen) atoms. The van der Waals surface area contributed by atoms with Crippen LogP contribution in [0.25, 0.3) is 0 Å². The maximum absolute atomic E-state index is 11.7. The van der Waals surface area contributed by atoms with Gasteiger partial charge >= 0.3 is 5.97 Å². The van der Waals surface area contributed by atoms with Gasteiger partial charge in [-0.25, -0.2) is 9.48 Å². The molecule has 0 N–H and O–H groups in total. The largest absolute Gasteiger partial charge is 0.464 e. The van der Waals surface area contributed by atoms with Crippen molar-refractivity contribution < 1.29 is 14.3 Å². The lowest BCUT2D eigenvalue weighted by Crippen LogP contribution is -2.23. The van der Waals surface area contributed by atoms with Gasteiger partial charge in [0, 0.05) is 13.0 Å². The number of carbonyl (C=O) groups excluding carboxylic acids is 1. The van der Waals surface area contributed by atoms with E-state index in [0.717, 1.165) is 6.42 Å². The number of carbonyl (C=O) groups is 1.